The molecule has 0 saturated carbocycles. The summed E-state index contributed by atoms with van der Waals surface area (Å²) < 4.78 is 19.8. The molecule has 1 aromatic carbocycles. The van der Waals surface area contributed by atoms with Crippen LogP contribution in [0.2, 0.25) is 0 Å². The molecule has 7 heteroatoms. The number of nitrogens with zero attached hydrogens (tertiary/aromatic N) is 3. The van der Waals surface area contributed by atoms with Gasteiger partial charge in [-0.15, -0.1) is 0 Å². The highest BCUT2D eigenvalue weighted by molar-refractivity contribution is 6.03. The number of halogens is 1. The smallest absolute Gasteiger partial charge is 0.410 e. The van der Waals surface area contributed by atoms with Crippen molar-refractivity contribution in [2.45, 2.75) is 46.8 Å². The Morgan fingerprint density at radius 2 is 1.97 bits per heavy atom. The van der Waals surface area contributed by atoms with Gasteiger partial charge in [-0.05, 0) is 56.2 Å². The van der Waals surface area contributed by atoms with Gasteiger partial charge >= 0.3 is 6.09 Å². The lowest BCUT2D eigenvalue weighted by atomic mass is 9.78. The third-order valence-electron chi connectivity index (χ3n) is 6.61. The minimum Gasteiger partial charge on any atom is -0.444 e. The summed E-state index contributed by atoms with van der Waals surface area (Å²) >= 11 is 0. The molecule has 0 bridgehead atoms. The first-order valence-electron chi connectivity index (χ1n) is 11.6. The zero-order valence-electron chi connectivity index (χ0n) is 20.6. The van der Waals surface area contributed by atoms with E-state index < -0.39 is 5.60 Å². The Labute approximate surface area is 199 Å². The highest BCUT2D eigenvalue weighted by Crippen LogP contribution is 2.46. The quantitative estimate of drug-likeness (QED) is 0.483. The average molecular weight is 463 g/mol. The second-order valence-electron chi connectivity index (χ2n) is 10.9. The molecule has 2 aliphatic rings. The summed E-state index contributed by atoms with van der Waals surface area (Å²) in [5.74, 6) is -0.255. The van der Waals surface area contributed by atoms with E-state index in [-0.39, 0.29) is 17.3 Å². The lowest BCUT2D eigenvalue weighted by molar-refractivity contribution is 0.0219. The SMILES string of the molecule is CN1Cc2c(C3=CCN(C(=O)OC(C)(C)C)CC3(C)C)[nH]c3nccc(c23)-c2cc(F)ccc21. The number of rotatable bonds is 1. The van der Waals surface area contributed by atoms with Crippen LogP contribution in [0.1, 0.15) is 45.9 Å². The Hall–Kier alpha value is -3.35. The number of H-pyrrole nitrogens is 1. The molecule has 6 nitrogen and oxygen atoms in total. The fraction of sp³-hybridized carbons (Fsp3) is 0.407. The lowest BCUT2D eigenvalue weighted by Gasteiger charge is -2.39. The van der Waals surface area contributed by atoms with E-state index in [1.807, 2.05) is 40.0 Å². The minimum absolute atomic E-state index is 0.255. The van der Waals surface area contributed by atoms with Crippen molar-refractivity contribution in [1.82, 2.24) is 14.9 Å². The van der Waals surface area contributed by atoms with Gasteiger partial charge in [-0.2, -0.15) is 0 Å². The second-order valence-corrected chi connectivity index (χ2v) is 10.9. The summed E-state index contributed by atoms with van der Waals surface area (Å²) in [6.07, 6.45) is 3.59. The fourth-order valence-electron chi connectivity index (χ4n) is 5.18. The fourth-order valence-corrected chi connectivity index (χ4v) is 5.18. The van der Waals surface area contributed by atoms with Gasteiger partial charge in [0.2, 0.25) is 0 Å². The Bertz CT molecular complexity index is 1330. The number of aromatic nitrogens is 2. The van der Waals surface area contributed by atoms with Crippen LogP contribution in [0, 0.1) is 11.2 Å². The number of fused-ring (bicyclic) bond motifs is 2. The molecule has 178 valence electrons. The van der Waals surface area contributed by atoms with E-state index in [4.69, 9.17) is 4.74 Å². The van der Waals surface area contributed by atoms with E-state index in [2.05, 4.69) is 34.8 Å². The molecular weight excluding hydrogens is 431 g/mol. The van der Waals surface area contributed by atoms with Gasteiger partial charge in [-0.1, -0.05) is 19.9 Å². The van der Waals surface area contributed by atoms with E-state index in [1.165, 1.54) is 6.07 Å². The number of anilines is 1. The van der Waals surface area contributed by atoms with Crippen LogP contribution in [-0.4, -0.2) is 46.7 Å². The number of carbonyl (C=O) groups excluding carboxylic acids is 1. The number of benzene rings is 1. The zero-order chi connectivity index (χ0) is 24.4. The van der Waals surface area contributed by atoms with Crippen molar-refractivity contribution >= 4 is 28.4 Å². The second kappa shape index (κ2) is 7.58. The van der Waals surface area contributed by atoms with Crippen LogP contribution in [-0.2, 0) is 11.3 Å². The topological polar surface area (TPSA) is 61.5 Å². The number of carbonyl (C=O) groups is 1. The molecule has 3 aromatic rings. The monoisotopic (exact) mass is 462 g/mol. The molecule has 0 fully saturated rings. The summed E-state index contributed by atoms with van der Waals surface area (Å²) in [6, 6.07) is 6.92. The van der Waals surface area contributed by atoms with Gasteiger partial charge in [0.15, 0.2) is 0 Å². The van der Waals surface area contributed by atoms with Crippen molar-refractivity contribution < 1.29 is 13.9 Å². The standard InChI is InChI=1S/C27H31FN4O2/c1-26(2,3)34-25(33)32-12-10-20(27(4,5)15-32)23-19-14-31(6)21-8-7-16(28)13-18(21)17-9-11-29-24(30-23)22(17)19/h7-11,13H,12,14-15H2,1-6H3,(H,29,30). The number of hydrogen-bond acceptors (Lipinski definition) is 4. The normalized spacial score (nSPS) is 17.3. The van der Waals surface area contributed by atoms with Gasteiger partial charge in [-0.25, -0.2) is 14.2 Å². The number of pyridine rings is 1. The van der Waals surface area contributed by atoms with Crippen LogP contribution in [0.15, 0.2) is 36.5 Å². The molecule has 1 amide bonds. The van der Waals surface area contributed by atoms with Gasteiger partial charge in [-0.3, -0.25) is 0 Å². The van der Waals surface area contributed by atoms with Crippen molar-refractivity contribution in [2.75, 3.05) is 25.0 Å². The van der Waals surface area contributed by atoms with Crippen LogP contribution in [0.25, 0.3) is 27.7 Å². The van der Waals surface area contributed by atoms with Crippen LogP contribution in [0.4, 0.5) is 14.9 Å². The van der Waals surface area contributed by atoms with Gasteiger partial charge in [0.25, 0.3) is 0 Å². The molecule has 34 heavy (non-hydrogen) atoms. The number of aromatic amines is 1. The molecule has 0 spiro atoms. The van der Waals surface area contributed by atoms with E-state index in [0.717, 1.165) is 44.7 Å². The van der Waals surface area contributed by atoms with Crippen molar-refractivity contribution in [3.8, 4) is 11.1 Å². The molecular formula is C27H31FN4O2. The average Bonchev–Trinajstić information content (AvgIpc) is 3.03. The number of nitrogens with one attached hydrogen (secondary N) is 1. The molecule has 0 saturated heterocycles. The number of ether oxygens (including phenoxy) is 1. The molecule has 4 heterocycles. The predicted molar refractivity (Wildman–Crippen MR) is 133 cm³/mol. The third-order valence-corrected chi connectivity index (χ3v) is 6.61. The van der Waals surface area contributed by atoms with Crippen molar-refractivity contribution in [3.05, 3.63) is 53.6 Å². The van der Waals surface area contributed by atoms with Crippen molar-refractivity contribution in [2.24, 2.45) is 5.41 Å². The number of hydrogen-bond donors (Lipinski definition) is 1. The van der Waals surface area contributed by atoms with Crippen molar-refractivity contribution in [3.63, 3.8) is 0 Å². The molecule has 0 unspecified atom stereocenters. The first kappa shape index (κ1) is 22.4. The summed E-state index contributed by atoms with van der Waals surface area (Å²) in [5.41, 5.74) is 6.10. The molecule has 0 radical (unpaired) electrons. The van der Waals surface area contributed by atoms with Gasteiger partial charge in [0, 0.05) is 66.2 Å². The maximum atomic E-state index is 14.2. The number of amides is 1. The third kappa shape index (κ3) is 3.73. The summed E-state index contributed by atoms with van der Waals surface area (Å²) in [5, 5.41) is 1.03. The van der Waals surface area contributed by atoms with E-state index in [9.17, 15) is 9.18 Å². The molecule has 2 aliphatic heterocycles. The lowest BCUT2D eigenvalue weighted by Crippen LogP contribution is -2.45. The molecule has 0 atom stereocenters. The summed E-state index contributed by atoms with van der Waals surface area (Å²) in [4.78, 5) is 24.8. The zero-order valence-corrected chi connectivity index (χ0v) is 20.6. The van der Waals surface area contributed by atoms with Gasteiger partial charge < -0.3 is 19.5 Å². The van der Waals surface area contributed by atoms with Crippen LogP contribution >= 0.6 is 0 Å². The molecule has 1 N–H and O–H groups in total. The summed E-state index contributed by atoms with van der Waals surface area (Å²) in [7, 11) is 2.03. The van der Waals surface area contributed by atoms with E-state index in [1.54, 1.807) is 17.2 Å². The van der Waals surface area contributed by atoms with Crippen molar-refractivity contribution in [1.29, 1.82) is 0 Å². The predicted octanol–water partition coefficient (Wildman–Crippen LogP) is 5.98. The Morgan fingerprint density at radius 3 is 2.68 bits per heavy atom. The first-order valence-corrected chi connectivity index (χ1v) is 11.6. The minimum atomic E-state index is -0.536. The Morgan fingerprint density at radius 1 is 1.21 bits per heavy atom. The Balaban J connectivity index is 1.61. The highest BCUT2D eigenvalue weighted by Gasteiger charge is 2.37. The molecule has 0 aliphatic carbocycles. The first-order chi connectivity index (χ1) is 15.9. The Kier molecular flexibility index (Phi) is 5.01. The highest BCUT2D eigenvalue weighted by atomic mass is 19.1. The summed E-state index contributed by atoms with van der Waals surface area (Å²) in [6.45, 7) is 11.6. The largest absolute Gasteiger partial charge is 0.444 e. The maximum absolute atomic E-state index is 14.2. The molecule has 2 aromatic heterocycles. The molecule has 5 rings (SSSR count). The van der Waals surface area contributed by atoms with Crippen LogP contribution < -0.4 is 4.90 Å². The van der Waals surface area contributed by atoms with E-state index in [0.29, 0.717) is 19.6 Å². The van der Waals surface area contributed by atoms with E-state index >= 15 is 0 Å². The van der Waals surface area contributed by atoms with Gasteiger partial charge in [0.1, 0.15) is 17.1 Å². The van der Waals surface area contributed by atoms with Gasteiger partial charge in [0.05, 0.1) is 0 Å². The maximum Gasteiger partial charge on any atom is 0.410 e. The van der Waals surface area contributed by atoms with Crippen LogP contribution in [0.5, 0.6) is 0 Å². The van der Waals surface area contributed by atoms with Crippen LogP contribution in [0.3, 0.4) is 0 Å².